The van der Waals surface area contributed by atoms with E-state index in [2.05, 4.69) is 193 Å². The second-order valence-corrected chi connectivity index (χ2v) is 17.3. The third kappa shape index (κ3) is 4.31. The van der Waals surface area contributed by atoms with E-state index >= 15 is 0 Å². The van der Waals surface area contributed by atoms with E-state index in [4.69, 9.17) is 9.97 Å². The Morgan fingerprint density at radius 1 is 0.448 bits per heavy atom. The van der Waals surface area contributed by atoms with Gasteiger partial charge in [-0.2, -0.15) is 0 Å². The molecular weight excluding hydrogens is 725 g/mol. The van der Waals surface area contributed by atoms with Crippen LogP contribution in [0, 0.1) is 0 Å². The Labute approximate surface area is 339 Å². The van der Waals surface area contributed by atoms with Crippen molar-refractivity contribution in [2.75, 3.05) is 0 Å². The molecule has 8 aromatic carbocycles. The zero-order chi connectivity index (χ0) is 38.3. The SMILES string of the molecule is CC1(C)c2ccccc2-c2ccc(-c3nc(-n4c5ccccc5c5cc(-c6cc7c8c(c6)c6ccccc6n8-c6ccccc6S7)ccc54)nc4ccccc34)cc21. The van der Waals surface area contributed by atoms with Crippen molar-refractivity contribution in [1.29, 1.82) is 0 Å². The molecule has 0 unspecified atom stereocenters. The highest BCUT2D eigenvalue weighted by Gasteiger charge is 2.35. The van der Waals surface area contributed by atoms with E-state index in [0.717, 1.165) is 33.2 Å². The van der Waals surface area contributed by atoms with Crippen LogP contribution >= 0.6 is 11.8 Å². The first kappa shape index (κ1) is 32.2. The molecule has 3 aromatic heterocycles. The summed E-state index contributed by atoms with van der Waals surface area (Å²) < 4.78 is 4.71. The van der Waals surface area contributed by atoms with Crippen molar-refractivity contribution in [2.24, 2.45) is 0 Å². The Morgan fingerprint density at radius 2 is 1.10 bits per heavy atom. The number of rotatable bonds is 3. The molecule has 0 atom stereocenters. The molecule has 13 rings (SSSR count). The molecule has 4 heterocycles. The summed E-state index contributed by atoms with van der Waals surface area (Å²) in [6, 6.07) is 62.0. The standard InChI is InChI=1S/C53H34N4S/c1-53(2)41-17-7-3-13-34(41)35-25-23-32(29-42(35)53)50-38-16-4-8-18-43(38)54-52(55-50)57-45-20-10-5-14-36(45)39-27-31(24-26-46(39)57)33-28-40-37-15-6-9-19-44(37)56-47-21-11-12-22-48(47)58-49(30-33)51(40)56/h3-30H,1-2H3. The number of fused-ring (bicyclic) bond motifs is 12. The summed E-state index contributed by atoms with van der Waals surface area (Å²) in [6.07, 6.45) is 0. The Kier molecular flexibility index (Phi) is 6.41. The minimum Gasteiger partial charge on any atom is -0.307 e. The van der Waals surface area contributed by atoms with E-state index in [0.29, 0.717) is 5.95 Å². The first-order valence-corrected chi connectivity index (χ1v) is 20.7. The summed E-state index contributed by atoms with van der Waals surface area (Å²) in [5.41, 5.74) is 16.5. The first-order chi connectivity index (χ1) is 28.5. The lowest BCUT2D eigenvalue weighted by molar-refractivity contribution is 0.660. The normalized spacial score (nSPS) is 13.8. The van der Waals surface area contributed by atoms with Crippen LogP contribution in [0.4, 0.5) is 0 Å². The summed E-state index contributed by atoms with van der Waals surface area (Å²) >= 11 is 1.87. The fraction of sp³-hybridized carbons (Fsp3) is 0.0566. The van der Waals surface area contributed by atoms with Gasteiger partial charge in [0.15, 0.2) is 0 Å². The third-order valence-corrected chi connectivity index (χ3v) is 13.8. The summed E-state index contributed by atoms with van der Waals surface area (Å²) in [4.78, 5) is 13.3. The van der Waals surface area contributed by atoms with Crippen molar-refractivity contribution >= 4 is 66.3 Å². The highest BCUT2D eigenvalue weighted by molar-refractivity contribution is 7.99. The largest absolute Gasteiger partial charge is 0.307 e. The van der Waals surface area contributed by atoms with Gasteiger partial charge in [-0.15, -0.1) is 0 Å². The number of nitrogens with zero attached hydrogens (tertiary/aromatic N) is 4. The second-order valence-electron chi connectivity index (χ2n) is 16.2. The van der Waals surface area contributed by atoms with Gasteiger partial charge in [-0.3, -0.25) is 4.57 Å². The maximum absolute atomic E-state index is 5.48. The van der Waals surface area contributed by atoms with Crippen LogP contribution in [-0.2, 0) is 5.41 Å². The van der Waals surface area contributed by atoms with E-state index in [1.54, 1.807) is 0 Å². The fourth-order valence-electron chi connectivity index (χ4n) is 10.0. The molecule has 0 spiro atoms. The number of hydrogen-bond donors (Lipinski definition) is 0. The zero-order valence-electron chi connectivity index (χ0n) is 31.9. The Morgan fingerprint density at radius 3 is 1.98 bits per heavy atom. The van der Waals surface area contributed by atoms with Gasteiger partial charge in [0.1, 0.15) is 0 Å². The lowest BCUT2D eigenvalue weighted by Gasteiger charge is -2.22. The number of hydrogen-bond acceptors (Lipinski definition) is 3. The highest BCUT2D eigenvalue weighted by atomic mass is 32.2. The van der Waals surface area contributed by atoms with E-state index in [1.165, 1.54) is 81.4 Å². The van der Waals surface area contributed by atoms with Crippen molar-refractivity contribution in [3.63, 3.8) is 0 Å². The molecule has 0 radical (unpaired) electrons. The maximum atomic E-state index is 5.48. The van der Waals surface area contributed by atoms with Crippen molar-refractivity contribution in [1.82, 2.24) is 19.1 Å². The topological polar surface area (TPSA) is 35.6 Å². The van der Waals surface area contributed by atoms with Crippen LogP contribution in [0.25, 0.3) is 99.7 Å². The van der Waals surface area contributed by atoms with Crippen LogP contribution in [0.3, 0.4) is 0 Å². The van der Waals surface area contributed by atoms with Gasteiger partial charge >= 0.3 is 0 Å². The molecule has 0 N–H and O–H groups in total. The van der Waals surface area contributed by atoms with Crippen molar-refractivity contribution in [3.05, 3.63) is 181 Å². The third-order valence-electron chi connectivity index (χ3n) is 12.7. The number of para-hydroxylation sites is 4. The van der Waals surface area contributed by atoms with E-state index in [-0.39, 0.29) is 5.41 Å². The maximum Gasteiger partial charge on any atom is 0.235 e. The molecule has 0 fully saturated rings. The van der Waals surface area contributed by atoms with Crippen LogP contribution in [0.15, 0.2) is 180 Å². The number of aromatic nitrogens is 4. The molecule has 0 saturated heterocycles. The van der Waals surface area contributed by atoms with E-state index in [1.807, 2.05) is 11.8 Å². The smallest absolute Gasteiger partial charge is 0.235 e. The van der Waals surface area contributed by atoms with Crippen LogP contribution in [0.1, 0.15) is 25.0 Å². The van der Waals surface area contributed by atoms with E-state index < -0.39 is 0 Å². The summed E-state index contributed by atoms with van der Waals surface area (Å²) in [5.74, 6) is 0.671. The lowest BCUT2D eigenvalue weighted by Crippen LogP contribution is -2.15. The molecule has 58 heavy (non-hydrogen) atoms. The zero-order valence-corrected chi connectivity index (χ0v) is 32.7. The van der Waals surface area contributed by atoms with Crippen LogP contribution in [0.2, 0.25) is 0 Å². The first-order valence-electron chi connectivity index (χ1n) is 19.9. The molecule has 4 nitrogen and oxygen atoms in total. The Bertz CT molecular complexity index is 3590. The predicted octanol–water partition coefficient (Wildman–Crippen LogP) is 13.9. The molecular formula is C53H34N4S. The number of benzene rings is 8. The summed E-state index contributed by atoms with van der Waals surface area (Å²) in [5, 5.41) is 5.96. The average molecular weight is 759 g/mol. The second kappa shape index (κ2) is 11.6. The fourth-order valence-corrected chi connectivity index (χ4v) is 11.1. The lowest BCUT2D eigenvalue weighted by atomic mass is 9.82. The van der Waals surface area contributed by atoms with Gasteiger partial charge in [0, 0.05) is 47.7 Å². The molecule has 1 aliphatic heterocycles. The van der Waals surface area contributed by atoms with Crippen LogP contribution in [0.5, 0.6) is 0 Å². The monoisotopic (exact) mass is 758 g/mol. The van der Waals surface area contributed by atoms with Gasteiger partial charge < -0.3 is 4.57 Å². The molecule has 5 heteroatoms. The Hall–Kier alpha value is -6.95. The average Bonchev–Trinajstić information content (AvgIpc) is 3.87. The molecule has 0 amide bonds. The van der Waals surface area contributed by atoms with Crippen molar-refractivity contribution < 1.29 is 0 Å². The molecule has 272 valence electrons. The molecule has 2 aliphatic rings. The predicted molar refractivity (Wildman–Crippen MR) is 241 cm³/mol. The van der Waals surface area contributed by atoms with Gasteiger partial charge in [-0.25, -0.2) is 9.97 Å². The highest BCUT2D eigenvalue weighted by Crippen LogP contribution is 2.51. The molecule has 0 bridgehead atoms. The Balaban J connectivity index is 1.01. The van der Waals surface area contributed by atoms with E-state index in [9.17, 15) is 0 Å². The van der Waals surface area contributed by atoms with Gasteiger partial charge in [0.2, 0.25) is 5.95 Å². The molecule has 0 saturated carbocycles. The quantitative estimate of drug-likeness (QED) is 0.180. The molecule has 11 aromatic rings. The van der Waals surface area contributed by atoms with Crippen LogP contribution < -0.4 is 0 Å². The molecule has 1 aliphatic carbocycles. The van der Waals surface area contributed by atoms with Gasteiger partial charge in [0.25, 0.3) is 0 Å². The van der Waals surface area contributed by atoms with Gasteiger partial charge in [0.05, 0.1) is 39.0 Å². The van der Waals surface area contributed by atoms with Crippen LogP contribution in [-0.4, -0.2) is 19.1 Å². The van der Waals surface area contributed by atoms with Crippen molar-refractivity contribution in [2.45, 2.75) is 29.1 Å². The van der Waals surface area contributed by atoms with Gasteiger partial charge in [-0.05, 0) is 94.0 Å². The minimum absolute atomic E-state index is 0.110. The van der Waals surface area contributed by atoms with Gasteiger partial charge in [-0.1, -0.05) is 135 Å². The minimum atomic E-state index is -0.110. The summed E-state index contributed by atoms with van der Waals surface area (Å²) in [6.45, 7) is 4.67. The summed E-state index contributed by atoms with van der Waals surface area (Å²) in [7, 11) is 0. The van der Waals surface area contributed by atoms with Crippen molar-refractivity contribution in [3.8, 4) is 45.1 Å².